The SMILES string of the molecule is CCN(CC(=O)OC)C(=O)CCc1cccc(OC)c1. The summed E-state index contributed by atoms with van der Waals surface area (Å²) in [6, 6.07) is 7.61. The summed E-state index contributed by atoms with van der Waals surface area (Å²) < 4.78 is 9.72. The van der Waals surface area contributed by atoms with E-state index in [2.05, 4.69) is 4.74 Å². The normalized spacial score (nSPS) is 9.95. The van der Waals surface area contributed by atoms with Crippen LogP contribution >= 0.6 is 0 Å². The van der Waals surface area contributed by atoms with Crippen LogP contribution in [-0.2, 0) is 20.7 Å². The van der Waals surface area contributed by atoms with Crippen LogP contribution in [0.5, 0.6) is 5.75 Å². The molecule has 0 N–H and O–H groups in total. The third kappa shape index (κ3) is 4.91. The molecule has 0 saturated heterocycles. The van der Waals surface area contributed by atoms with E-state index in [1.165, 1.54) is 12.0 Å². The van der Waals surface area contributed by atoms with E-state index in [9.17, 15) is 9.59 Å². The molecule has 0 aliphatic rings. The number of nitrogens with zero attached hydrogens (tertiary/aromatic N) is 1. The largest absolute Gasteiger partial charge is 0.497 e. The van der Waals surface area contributed by atoms with Crippen LogP contribution in [0.3, 0.4) is 0 Å². The first-order valence-corrected chi connectivity index (χ1v) is 6.58. The minimum Gasteiger partial charge on any atom is -0.497 e. The monoisotopic (exact) mass is 279 g/mol. The summed E-state index contributed by atoms with van der Waals surface area (Å²) in [7, 11) is 2.93. The number of likely N-dealkylation sites (N-methyl/N-ethyl adjacent to an activating group) is 1. The first kappa shape index (κ1) is 16.0. The van der Waals surface area contributed by atoms with Gasteiger partial charge < -0.3 is 14.4 Å². The summed E-state index contributed by atoms with van der Waals surface area (Å²) >= 11 is 0. The maximum absolute atomic E-state index is 12.0. The van der Waals surface area contributed by atoms with Crippen molar-refractivity contribution in [1.82, 2.24) is 4.90 Å². The molecule has 0 aromatic heterocycles. The van der Waals surface area contributed by atoms with Crippen LogP contribution in [0.2, 0.25) is 0 Å². The predicted molar refractivity (Wildman–Crippen MR) is 75.6 cm³/mol. The van der Waals surface area contributed by atoms with E-state index in [0.717, 1.165) is 11.3 Å². The minimum absolute atomic E-state index is 0.00391. The molecule has 0 heterocycles. The van der Waals surface area contributed by atoms with Gasteiger partial charge in [-0.1, -0.05) is 12.1 Å². The maximum atomic E-state index is 12.0. The number of carbonyl (C=O) groups is 2. The zero-order valence-electron chi connectivity index (χ0n) is 12.2. The van der Waals surface area contributed by atoms with Crippen molar-refractivity contribution in [3.05, 3.63) is 29.8 Å². The molecule has 0 atom stereocenters. The smallest absolute Gasteiger partial charge is 0.325 e. The van der Waals surface area contributed by atoms with Crippen molar-refractivity contribution in [1.29, 1.82) is 0 Å². The lowest BCUT2D eigenvalue weighted by atomic mass is 10.1. The summed E-state index contributed by atoms with van der Waals surface area (Å²) in [5.41, 5.74) is 1.03. The second kappa shape index (κ2) is 8.19. The van der Waals surface area contributed by atoms with Gasteiger partial charge in [-0.25, -0.2) is 0 Å². The summed E-state index contributed by atoms with van der Waals surface area (Å²) in [4.78, 5) is 24.7. The zero-order valence-corrected chi connectivity index (χ0v) is 12.2. The molecule has 0 saturated carbocycles. The highest BCUT2D eigenvalue weighted by atomic mass is 16.5. The number of benzene rings is 1. The second-order valence-electron chi connectivity index (χ2n) is 4.34. The van der Waals surface area contributed by atoms with Crippen LogP contribution in [0.25, 0.3) is 0 Å². The van der Waals surface area contributed by atoms with E-state index in [-0.39, 0.29) is 12.5 Å². The predicted octanol–water partition coefficient (Wildman–Crippen LogP) is 1.65. The van der Waals surface area contributed by atoms with Gasteiger partial charge in [-0.3, -0.25) is 9.59 Å². The Balaban J connectivity index is 2.54. The van der Waals surface area contributed by atoms with Gasteiger partial charge >= 0.3 is 5.97 Å². The van der Waals surface area contributed by atoms with E-state index in [1.807, 2.05) is 31.2 Å². The van der Waals surface area contributed by atoms with Crippen molar-refractivity contribution in [3.8, 4) is 5.75 Å². The number of ether oxygens (including phenoxy) is 2. The second-order valence-corrected chi connectivity index (χ2v) is 4.34. The molecule has 1 amide bonds. The minimum atomic E-state index is -0.401. The van der Waals surface area contributed by atoms with Gasteiger partial charge in [0.15, 0.2) is 0 Å². The molecule has 5 nitrogen and oxygen atoms in total. The Labute approximate surface area is 119 Å². The van der Waals surface area contributed by atoms with E-state index >= 15 is 0 Å². The number of esters is 1. The van der Waals surface area contributed by atoms with Crippen molar-refractivity contribution >= 4 is 11.9 Å². The van der Waals surface area contributed by atoms with E-state index in [4.69, 9.17) is 4.74 Å². The Morgan fingerprint density at radius 3 is 2.60 bits per heavy atom. The van der Waals surface area contributed by atoms with E-state index in [0.29, 0.717) is 19.4 Å². The summed E-state index contributed by atoms with van der Waals surface area (Å²) in [5, 5.41) is 0. The van der Waals surface area contributed by atoms with Gasteiger partial charge in [0, 0.05) is 13.0 Å². The number of hydrogen-bond donors (Lipinski definition) is 0. The van der Waals surface area contributed by atoms with Crippen molar-refractivity contribution < 1.29 is 19.1 Å². The molecule has 0 aliphatic heterocycles. The molecule has 0 bridgehead atoms. The topological polar surface area (TPSA) is 55.8 Å². The lowest BCUT2D eigenvalue weighted by Gasteiger charge is -2.19. The number of aryl methyl sites for hydroxylation is 1. The number of hydrogen-bond acceptors (Lipinski definition) is 4. The molecule has 1 rings (SSSR count). The summed E-state index contributed by atoms with van der Waals surface area (Å²) in [5.74, 6) is 0.319. The number of carbonyl (C=O) groups excluding carboxylic acids is 2. The summed E-state index contributed by atoms with van der Waals surface area (Å²) in [6.45, 7) is 2.34. The van der Waals surface area contributed by atoms with Crippen LogP contribution in [0, 0.1) is 0 Å². The fourth-order valence-electron chi connectivity index (χ4n) is 1.83. The molecule has 1 aromatic rings. The van der Waals surface area contributed by atoms with Crippen LogP contribution in [0.15, 0.2) is 24.3 Å². The molecule has 1 aromatic carbocycles. The van der Waals surface area contributed by atoms with Crippen molar-refractivity contribution in [2.45, 2.75) is 19.8 Å². The fraction of sp³-hybridized carbons (Fsp3) is 0.467. The van der Waals surface area contributed by atoms with E-state index in [1.54, 1.807) is 7.11 Å². The van der Waals surface area contributed by atoms with Crippen molar-refractivity contribution in [2.75, 3.05) is 27.3 Å². The molecule has 20 heavy (non-hydrogen) atoms. The van der Waals surface area contributed by atoms with Gasteiger partial charge in [-0.15, -0.1) is 0 Å². The highest BCUT2D eigenvalue weighted by molar-refractivity contribution is 5.82. The standard InChI is InChI=1S/C15H21NO4/c1-4-16(11-15(18)20-3)14(17)9-8-12-6-5-7-13(10-12)19-2/h5-7,10H,4,8-9,11H2,1-3H3. The lowest BCUT2D eigenvalue weighted by molar-refractivity contribution is -0.146. The highest BCUT2D eigenvalue weighted by Gasteiger charge is 2.15. The number of rotatable bonds is 7. The first-order valence-electron chi connectivity index (χ1n) is 6.58. The first-order chi connectivity index (χ1) is 9.60. The van der Waals surface area contributed by atoms with Crippen LogP contribution in [0.1, 0.15) is 18.9 Å². The average Bonchev–Trinajstić information content (AvgIpc) is 2.50. The van der Waals surface area contributed by atoms with Gasteiger partial charge in [0.05, 0.1) is 14.2 Å². The average molecular weight is 279 g/mol. The van der Waals surface area contributed by atoms with Crippen LogP contribution < -0.4 is 4.74 Å². The Morgan fingerprint density at radius 1 is 1.25 bits per heavy atom. The van der Waals surface area contributed by atoms with Gasteiger partial charge in [-0.2, -0.15) is 0 Å². The molecule has 0 radical (unpaired) electrons. The number of amides is 1. The van der Waals surface area contributed by atoms with Crippen molar-refractivity contribution in [2.24, 2.45) is 0 Å². The van der Waals surface area contributed by atoms with Crippen molar-refractivity contribution in [3.63, 3.8) is 0 Å². The Morgan fingerprint density at radius 2 is 2.00 bits per heavy atom. The van der Waals surface area contributed by atoms with Gasteiger partial charge in [0.1, 0.15) is 12.3 Å². The van der Waals surface area contributed by atoms with E-state index < -0.39 is 5.97 Å². The fourth-order valence-corrected chi connectivity index (χ4v) is 1.83. The Kier molecular flexibility index (Phi) is 6.56. The third-order valence-electron chi connectivity index (χ3n) is 3.04. The number of methoxy groups -OCH3 is 2. The maximum Gasteiger partial charge on any atom is 0.325 e. The zero-order chi connectivity index (χ0) is 15.0. The molecule has 0 unspecified atom stereocenters. The third-order valence-corrected chi connectivity index (χ3v) is 3.04. The van der Waals surface area contributed by atoms with Gasteiger partial charge in [0.2, 0.25) is 5.91 Å². The quantitative estimate of drug-likeness (QED) is 0.712. The molecule has 0 spiro atoms. The van der Waals surface area contributed by atoms with Crippen LogP contribution in [0.4, 0.5) is 0 Å². The Hall–Kier alpha value is -2.04. The summed E-state index contributed by atoms with van der Waals surface area (Å²) in [6.07, 6.45) is 0.978. The van der Waals surface area contributed by atoms with Crippen LogP contribution in [-0.4, -0.2) is 44.1 Å². The highest BCUT2D eigenvalue weighted by Crippen LogP contribution is 2.14. The molecule has 5 heteroatoms. The molecular weight excluding hydrogens is 258 g/mol. The van der Waals surface area contributed by atoms with Gasteiger partial charge in [0.25, 0.3) is 0 Å². The van der Waals surface area contributed by atoms with Gasteiger partial charge in [-0.05, 0) is 31.0 Å². The molecule has 0 fully saturated rings. The molecule has 0 aliphatic carbocycles. The Bertz CT molecular complexity index is 459. The lowest BCUT2D eigenvalue weighted by Crippen LogP contribution is -2.36. The molecule has 110 valence electrons. The molecular formula is C15H21NO4.